The van der Waals surface area contributed by atoms with Crippen molar-refractivity contribution in [2.45, 2.75) is 12.8 Å². The Bertz CT molecular complexity index is 170. The molecular weight excluding hydrogens is 270 g/mol. The molecule has 0 aromatic heterocycles. The number of hydrogen-bond acceptors (Lipinski definition) is 2. The van der Waals surface area contributed by atoms with E-state index in [0.29, 0.717) is 12.8 Å². The molecule has 4 heteroatoms. The van der Waals surface area contributed by atoms with E-state index < -0.39 is 4.90 Å². The summed E-state index contributed by atoms with van der Waals surface area (Å²) in [5, 5.41) is 16.7. The van der Waals surface area contributed by atoms with Crippen LogP contribution in [0, 0.1) is 22.7 Å². The summed E-state index contributed by atoms with van der Waals surface area (Å²) in [5.74, 6) is 0. The Hall–Kier alpha value is 0.140. The predicted octanol–water partition coefficient (Wildman–Crippen LogP) is 2.81. The molecule has 0 N–H and O–H groups in total. The van der Waals surface area contributed by atoms with Crippen molar-refractivity contribution in [3.05, 3.63) is 0 Å². The minimum atomic E-state index is -0.951. The zero-order valence-electron chi connectivity index (χ0n) is 6.55. The summed E-state index contributed by atoms with van der Waals surface area (Å²) in [6.07, 6.45) is 3.26. The van der Waals surface area contributed by atoms with E-state index in [1.54, 1.807) is 0 Å². The van der Waals surface area contributed by atoms with Gasteiger partial charge in [-0.15, -0.1) is 0 Å². The monoisotopic (exact) mass is 281 g/mol. The maximum absolute atomic E-state index is 8.35. The Kier molecular flexibility index (Phi) is 5.82. The molecular formula is C7H11IN2P+. The van der Waals surface area contributed by atoms with Crippen LogP contribution in [0.25, 0.3) is 0 Å². The molecule has 0 aromatic rings. The highest BCUT2D eigenvalue weighted by Gasteiger charge is 2.26. The van der Waals surface area contributed by atoms with Crippen molar-refractivity contribution in [1.29, 1.82) is 10.5 Å². The smallest absolute Gasteiger partial charge is 0.154 e. The molecule has 0 bridgehead atoms. The van der Waals surface area contributed by atoms with Crippen molar-refractivity contribution in [2.75, 3.05) is 19.0 Å². The Balaban J connectivity index is 3.64. The van der Waals surface area contributed by atoms with E-state index in [2.05, 4.69) is 40.8 Å². The van der Waals surface area contributed by atoms with Gasteiger partial charge in [0.15, 0.2) is 22.0 Å². The SMILES string of the molecule is C[P+](I)(CCC#N)CCC#N. The lowest BCUT2D eigenvalue weighted by atomic mass is 10.5. The molecule has 2 nitrogen and oxygen atoms in total. The molecule has 0 saturated carbocycles. The van der Waals surface area contributed by atoms with Crippen LogP contribution in [0.4, 0.5) is 0 Å². The van der Waals surface area contributed by atoms with E-state index in [1.165, 1.54) is 0 Å². The van der Waals surface area contributed by atoms with E-state index in [9.17, 15) is 0 Å². The molecule has 0 unspecified atom stereocenters. The van der Waals surface area contributed by atoms with Crippen LogP contribution in [0.5, 0.6) is 0 Å². The van der Waals surface area contributed by atoms with Gasteiger partial charge in [-0.2, -0.15) is 10.5 Å². The molecule has 60 valence electrons. The minimum Gasteiger partial charge on any atom is -0.198 e. The predicted molar refractivity (Wildman–Crippen MR) is 57.1 cm³/mol. The van der Waals surface area contributed by atoms with Gasteiger partial charge in [-0.05, 0) is 0 Å². The van der Waals surface area contributed by atoms with Gasteiger partial charge in [0.2, 0.25) is 0 Å². The molecule has 0 aromatic carbocycles. The van der Waals surface area contributed by atoms with Gasteiger partial charge in [0, 0.05) is 0 Å². The van der Waals surface area contributed by atoms with Crippen molar-refractivity contribution >= 4 is 26.9 Å². The normalized spacial score (nSPS) is 10.2. The highest BCUT2D eigenvalue weighted by molar-refractivity contribution is 14.2. The number of rotatable bonds is 4. The van der Waals surface area contributed by atoms with E-state index in [0.717, 1.165) is 12.3 Å². The van der Waals surface area contributed by atoms with Gasteiger partial charge < -0.3 is 0 Å². The first-order valence-electron chi connectivity index (χ1n) is 3.40. The second-order valence-electron chi connectivity index (χ2n) is 2.53. The van der Waals surface area contributed by atoms with Crippen LogP contribution >= 0.6 is 26.9 Å². The van der Waals surface area contributed by atoms with E-state index in [1.807, 2.05) is 0 Å². The van der Waals surface area contributed by atoms with Crippen LogP contribution < -0.4 is 0 Å². The lowest BCUT2D eigenvalue weighted by molar-refractivity contribution is 1.18. The number of nitriles is 2. The van der Waals surface area contributed by atoms with Crippen LogP contribution in [-0.4, -0.2) is 19.0 Å². The highest BCUT2D eigenvalue weighted by atomic mass is 127. The van der Waals surface area contributed by atoms with Crippen LogP contribution in [0.3, 0.4) is 0 Å². The maximum Gasteiger partial charge on any atom is 0.154 e. The first-order chi connectivity index (χ1) is 5.12. The number of hydrogen-bond donors (Lipinski definition) is 0. The number of halogens is 1. The van der Waals surface area contributed by atoms with Crippen molar-refractivity contribution in [3.63, 3.8) is 0 Å². The topological polar surface area (TPSA) is 47.6 Å². The van der Waals surface area contributed by atoms with Crippen LogP contribution in [0.1, 0.15) is 12.8 Å². The summed E-state index contributed by atoms with van der Waals surface area (Å²) in [6.45, 7) is 2.20. The van der Waals surface area contributed by atoms with Gasteiger partial charge in [-0.1, -0.05) is 0 Å². The van der Waals surface area contributed by atoms with E-state index in [-0.39, 0.29) is 0 Å². The van der Waals surface area contributed by atoms with Gasteiger partial charge in [0.25, 0.3) is 0 Å². The van der Waals surface area contributed by atoms with Crippen molar-refractivity contribution in [2.24, 2.45) is 0 Å². The first kappa shape index (κ1) is 11.1. The van der Waals surface area contributed by atoms with Gasteiger partial charge in [-0.3, -0.25) is 0 Å². The summed E-state index contributed by atoms with van der Waals surface area (Å²) in [6, 6.07) is 4.28. The lowest BCUT2D eigenvalue weighted by Gasteiger charge is -2.10. The molecule has 0 heterocycles. The van der Waals surface area contributed by atoms with Crippen molar-refractivity contribution in [3.8, 4) is 12.1 Å². The Morgan fingerprint density at radius 1 is 1.18 bits per heavy atom. The van der Waals surface area contributed by atoms with Crippen LogP contribution in [0.2, 0.25) is 0 Å². The second kappa shape index (κ2) is 5.75. The minimum absolute atomic E-state index is 0.638. The largest absolute Gasteiger partial charge is 0.198 e. The Morgan fingerprint density at radius 3 is 1.82 bits per heavy atom. The van der Waals surface area contributed by atoms with Crippen molar-refractivity contribution < 1.29 is 0 Å². The molecule has 0 aliphatic rings. The zero-order valence-corrected chi connectivity index (χ0v) is 9.60. The van der Waals surface area contributed by atoms with Crippen LogP contribution in [-0.2, 0) is 0 Å². The number of nitrogens with zero attached hydrogens (tertiary/aromatic N) is 2. The Labute approximate surface area is 81.4 Å². The lowest BCUT2D eigenvalue weighted by Crippen LogP contribution is -1.93. The van der Waals surface area contributed by atoms with Gasteiger partial charge in [-0.25, -0.2) is 0 Å². The summed E-state index contributed by atoms with van der Waals surface area (Å²) in [7, 11) is 0. The highest BCUT2D eigenvalue weighted by Crippen LogP contribution is 2.64. The summed E-state index contributed by atoms with van der Waals surface area (Å²) < 4.78 is 0. The fourth-order valence-corrected chi connectivity index (χ4v) is 3.48. The summed E-state index contributed by atoms with van der Waals surface area (Å²) in [5.41, 5.74) is 0. The Morgan fingerprint density at radius 2 is 1.55 bits per heavy atom. The molecule has 0 spiro atoms. The average molecular weight is 281 g/mol. The third-order valence-electron chi connectivity index (χ3n) is 1.38. The average Bonchev–Trinajstić information content (AvgIpc) is 1.97. The van der Waals surface area contributed by atoms with Gasteiger partial charge >= 0.3 is 0 Å². The maximum atomic E-state index is 8.35. The molecule has 0 amide bonds. The molecule has 0 fully saturated rings. The molecule has 0 rings (SSSR count). The van der Waals surface area contributed by atoms with Gasteiger partial charge in [0.05, 0.1) is 48.9 Å². The fraction of sp³-hybridized carbons (Fsp3) is 0.714. The third-order valence-corrected chi connectivity index (χ3v) is 6.59. The van der Waals surface area contributed by atoms with E-state index >= 15 is 0 Å². The molecule has 0 aliphatic carbocycles. The zero-order chi connectivity index (χ0) is 8.74. The van der Waals surface area contributed by atoms with Crippen molar-refractivity contribution in [1.82, 2.24) is 0 Å². The molecule has 11 heavy (non-hydrogen) atoms. The summed E-state index contributed by atoms with van der Waals surface area (Å²) in [4.78, 5) is -0.951. The van der Waals surface area contributed by atoms with Gasteiger partial charge in [0.1, 0.15) is 0 Å². The second-order valence-corrected chi connectivity index (χ2v) is 12.9. The molecule has 0 atom stereocenters. The summed E-state index contributed by atoms with van der Waals surface area (Å²) >= 11 is 2.43. The molecule has 0 saturated heterocycles. The molecule has 0 radical (unpaired) electrons. The fourth-order valence-electron chi connectivity index (χ4n) is 0.678. The third kappa shape index (κ3) is 6.53. The first-order valence-corrected chi connectivity index (χ1v) is 8.80. The van der Waals surface area contributed by atoms with Crippen LogP contribution in [0.15, 0.2) is 0 Å². The van der Waals surface area contributed by atoms with E-state index in [4.69, 9.17) is 10.5 Å². The standard InChI is InChI=1S/C7H11IN2P/c1-11(8,6-2-4-9)7-3-5-10/h2-3,6-7H2,1H3/q+1. The molecule has 0 aliphatic heterocycles. The quantitative estimate of drug-likeness (QED) is 0.587.